The molecule has 1 atom stereocenters. The van der Waals surface area contributed by atoms with Crippen LogP contribution in [0.15, 0.2) is 30.7 Å². The molecule has 0 radical (unpaired) electrons. The smallest absolute Gasteiger partial charge is 0.223 e. The zero-order valence-electron chi connectivity index (χ0n) is 13.2. The Labute approximate surface area is 139 Å². The van der Waals surface area contributed by atoms with E-state index in [-0.39, 0.29) is 12.3 Å². The second-order valence-corrected chi connectivity index (χ2v) is 6.15. The molecule has 4 heterocycles. The molecule has 1 saturated heterocycles. The number of nitrogens with one attached hydrogen (secondary N) is 1. The molecule has 0 spiro atoms. The largest absolute Gasteiger partial charge is 0.360 e. The van der Waals surface area contributed by atoms with Crippen LogP contribution in [0, 0.1) is 11.3 Å². The first-order valence-corrected chi connectivity index (χ1v) is 8.13. The summed E-state index contributed by atoms with van der Waals surface area (Å²) in [6.45, 7) is 1.46. The van der Waals surface area contributed by atoms with Crippen molar-refractivity contribution in [1.29, 1.82) is 5.26 Å². The third kappa shape index (κ3) is 2.38. The second-order valence-electron chi connectivity index (χ2n) is 6.15. The molecule has 1 unspecified atom stereocenters. The number of amides is 1. The first-order valence-electron chi connectivity index (χ1n) is 8.13. The highest BCUT2D eigenvalue weighted by Gasteiger charge is 2.28. The SMILES string of the molecule is N#CCCC(=O)N1CCC(c2cc[nH]c3cnc4nccc4c23)C1. The van der Waals surface area contributed by atoms with Gasteiger partial charge in [0.2, 0.25) is 5.91 Å². The first-order chi connectivity index (χ1) is 11.8. The number of nitrogens with zero attached hydrogens (tertiary/aromatic N) is 4. The minimum Gasteiger partial charge on any atom is -0.360 e. The monoisotopic (exact) mass is 319 g/mol. The van der Waals surface area contributed by atoms with E-state index in [9.17, 15) is 4.79 Å². The Morgan fingerprint density at radius 2 is 2.33 bits per heavy atom. The molecular weight excluding hydrogens is 302 g/mol. The number of H-pyrrole nitrogens is 1. The third-order valence-electron chi connectivity index (χ3n) is 4.76. The van der Waals surface area contributed by atoms with Crippen LogP contribution in [0.4, 0.5) is 0 Å². The molecule has 1 amide bonds. The normalized spacial score (nSPS) is 17.5. The molecule has 1 aliphatic rings. The lowest BCUT2D eigenvalue weighted by molar-refractivity contribution is -0.130. The van der Waals surface area contributed by atoms with Gasteiger partial charge >= 0.3 is 0 Å². The van der Waals surface area contributed by atoms with Crippen molar-refractivity contribution in [2.75, 3.05) is 13.1 Å². The molecule has 6 heteroatoms. The van der Waals surface area contributed by atoms with Crippen molar-refractivity contribution < 1.29 is 4.79 Å². The van der Waals surface area contributed by atoms with E-state index in [2.05, 4.69) is 21.0 Å². The Hall–Kier alpha value is -2.94. The van der Waals surface area contributed by atoms with Crippen LogP contribution in [0.1, 0.15) is 30.7 Å². The second kappa shape index (κ2) is 5.93. The van der Waals surface area contributed by atoms with Crippen molar-refractivity contribution in [2.45, 2.75) is 25.2 Å². The maximum Gasteiger partial charge on any atom is 0.223 e. The first kappa shape index (κ1) is 14.6. The van der Waals surface area contributed by atoms with Gasteiger partial charge in [-0.1, -0.05) is 0 Å². The highest BCUT2D eigenvalue weighted by molar-refractivity contribution is 6.05. The van der Waals surface area contributed by atoms with E-state index in [4.69, 9.17) is 5.26 Å². The van der Waals surface area contributed by atoms with Gasteiger partial charge in [0.05, 0.1) is 17.8 Å². The van der Waals surface area contributed by atoms with Gasteiger partial charge < -0.3 is 9.88 Å². The lowest BCUT2D eigenvalue weighted by atomic mass is 9.94. The maximum absolute atomic E-state index is 12.2. The molecule has 0 bridgehead atoms. The fourth-order valence-corrected chi connectivity index (χ4v) is 3.59. The summed E-state index contributed by atoms with van der Waals surface area (Å²) in [5.41, 5.74) is 2.98. The number of likely N-dealkylation sites (tertiary alicyclic amines) is 1. The minimum atomic E-state index is 0.0765. The number of carbonyl (C=O) groups excluding carboxylic acids is 1. The number of aromatic amines is 1. The Kier molecular flexibility index (Phi) is 3.62. The number of carbonyl (C=O) groups is 1. The van der Waals surface area contributed by atoms with Crippen LogP contribution < -0.4 is 0 Å². The molecule has 0 aromatic carbocycles. The average Bonchev–Trinajstić information content (AvgIpc) is 3.28. The number of hydrogen-bond acceptors (Lipinski definition) is 4. The molecule has 1 N–H and O–H groups in total. The van der Waals surface area contributed by atoms with Gasteiger partial charge in [0.15, 0.2) is 5.65 Å². The van der Waals surface area contributed by atoms with Crippen molar-refractivity contribution in [3.63, 3.8) is 0 Å². The van der Waals surface area contributed by atoms with E-state index in [0.717, 1.165) is 34.9 Å². The van der Waals surface area contributed by atoms with Crippen LogP contribution in [-0.2, 0) is 4.79 Å². The summed E-state index contributed by atoms with van der Waals surface area (Å²) in [6.07, 6.45) is 7.07. The van der Waals surface area contributed by atoms with Gasteiger partial charge in [-0.2, -0.15) is 5.26 Å². The topological polar surface area (TPSA) is 85.7 Å². The number of rotatable bonds is 3. The molecule has 120 valence electrons. The minimum absolute atomic E-state index is 0.0765. The van der Waals surface area contributed by atoms with Gasteiger partial charge in [0.25, 0.3) is 0 Å². The van der Waals surface area contributed by atoms with E-state index in [1.165, 1.54) is 5.56 Å². The summed E-state index contributed by atoms with van der Waals surface area (Å²) in [7, 11) is 0. The summed E-state index contributed by atoms with van der Waals surface area (Å²) < 4.78 is 0. The van der Waals surface area contributed by atoms with Crippen molar-refractivity contribution in [3.05, 3.63) is 36.3 Å². The van der Waals surface area contributed by atoms with Crippen LogP contribution in [0.3, 0.4) is 0 Å². The molecular formula is C18H17N5O. The number of aromatic nitrogens is 3. The van der Waals surface area contributed by atoms with E-state index >= 15 is 0 Å². The van der Waals surface area contributed by atoms with Crippen molar-refractivity contribution in [2.24, 2.45) is 0 Å². The maximum atomic E-state index is 12.2. The number of nitriles is 1. The number of pyridine rings is 2. The lowest BCUT2D eigenvalue weighted by Gasteiger charge is -2.17. The summed E-state index contributed by atoms with van der Waals surface area (Å²) >= 11 is 0. The van der Waals surface area contributed by atoms with E-state index < -0.39 is 0 Å². The fourth-order valence-electron chi connectivity index (χ4n) is 3.59. The van der Waals surface area contributed by atoms with Gasteiger partial charge in [-0.25, -0.2) is 9.97 Å². The van der Waals surface area contributed by atoms with Crippen molar-refractivity contribution in [3.8, 4) is 6.07 Å². The van der Waals surface area contributed by atoms with E-state index in [1.807, 2.05) is 29.4 Å². The van der Waals surface area contributed by atoms with E-state index in [1.54, 1.807) is 6.20 Å². The Morgan fingerprint density at radius 3 is 3.21 bits per heavy atom. The summed E-state index contributed by atoms with van der Waals surface area (Å²) in [5.74, 6) is 0.376. The number of hydrogen-bond donors (Lipinski definition) is 1. The Bertz CT molecular complexity index is 955. The van der Waals surface area contributed by atoms with E-state index in [0.29, 0.717) is 18.9 Å². The van der Waals surface area contributed by atoms with Crippen molar-refractivity contribution >= 4 is 27.8 Å². The van der Waals surface area contributed by atoms with Crippen LogP contribution in [0.2, 0.25) is 0 Å². The number of fused-ring (bicyclic) bond motifs is 3. The molecule has 24 heavy (non-hydrogen) atoms. The van der Waals surface area contributed by atoms with Crippen LogP contribution in [-0.4, -0.2) is 38.8 Å². The highest BCUT2D eigenvalue weighted by atomic mass is 16.2. The van der Waals surface area contributed by atoms with Gasteiger partial charge in [-0.15, -0.1) is 0 Å². The molecule has 1 fully saturated rings. The zero-order valence-corrected chi connectivity index (χ0v) is 13.2. The van der Waals surface area contributed by atoms with Crippen LogP contribution in [0.5, 0.6) is 0 Å². The quantitative estimate of drug-likeness (QED) is 0.804. The van der Waals surface area contributed by atoms with Gasteiger partial charge in [-0.05, 0) is 24.1 Å². The van der Waals surface area contributed by atoms with Gasteiger partial charge in [-0.3, -0.25) is 4.79 Å². The van der Waals surface area contributed by atoms with Crippen LogP contribution in [0.25, 0.3) is 21.9 Å². The predicted molar refractivity (Wildman–Crippen MR) is 90.2 cm³/mol. The summed E-state index contributed by atoms with van der Waals surface area (Å²) in [5, 5.41) is 10.8. The van der Waals surface area contributed by atoms with Gasteiger partial charge in [0.1, 0.15) is 0 Å². The summed E-state index contributed by atoms with van der Waals surface area (Å²) in [4.78, 5) is 26.0. The standard InChI is InChI=1S/C18H17N5O/c19-6-1-2-16(24)23-9-5-12(11-23)13-3-7-20-15-10-22-18-14(17(13)15)4-8-21-18/h3-4,7-8,10,12,20H,1-2,5,9,11H2. The Balaban J connectivity index is 1.69. The third-order valence-corrected chi connectivity index (χ3v) is 4.76. The Morgan fingerprint density at radius 1 is 1.42 bits per heavy atom. The van der Waals surface area contributed by atoms with Crippen molar-refractivity contribution in [1.82, 2.24) is 19.9 Å². The molecule has 0 aliphatic carbocycles. The zero-order chi connectivity index (χ0) is 16.5. The van der Waals surface area contributed by atoms with Gasteiger partial charge in [0, 0.05) is 55.0 Å². The highest BCUT2D eigenvalue weighted by Crippen LogP contribution is 2.34. The lowest BCUT2D eigenvalue weighted by Crippen LogP contribution is -2.28. The molecule has 0 saturated carbocycles. The molecule has 6 nitrogen and oxygen atoms in total. The molecule has 3 aromatic rings. The predicted octanol–water partition coefficient (Wildman–Crippen LogP) is 2.73. The van der Waals surface area contributed by atoms with Crippen LogP contribution >= 0.6 is 0 Å². The summed E-state index contributed by atoms with van der Waals surface area (Å²) in [6, 6.07) is 6.13. The molecule has 3 aromatic heterocycles. The molecule has 4 rings (SSSR count). The average molecular weight is 319 g/mol. The molecule has 1 aliphatic heterocycles. The fraction of sp³-hybridized carbons (Fsp3) is 0.333.